The molecule has 0 saturated carbocycles. The van der Waals surface area contributed by atoms with Gasteiger partial charge in [0.05, 0.1) is 50.1 Å². The van der Waals surface area contributed by atoms with Crippen molar-refractivity contribution in [3.8, 4) is 0 Å². The molecule has 2 unspecified atom stereocenters. The number of sulfonamides is 2. The lowest BCUT2D eigenvalue weighted by Crippen LogP contribution is -2.65. The van der Waals surface area contributed by atoms with E-state index in [4.69, 9.17) is 0 Å². The molecule has 3 aliphatic rings. The largest absolute Gasteiger partial charge is 0.378 e. The topological polar surface area (TPSA) is 232 Å². The quantitative estimate of drug-likeness (QED) is 0.0991. The minimum Gasteiger partial charge on any atom is -0.378 e. The predicted octanol–water partition coefficient (Wildman–Crippen LogP) is 4.04. The highest BCUT2D eigenvalue weighted by Gasteiger charge is 2.57. The van der Waals surface area contributed by atoms with Crippen LogP contribution in [0.25, 0.3) is 0 Å². The molecule has 0 aliphatic carbocycles. The second-order valence-electron chi connectivity index (χ2n) is 19.8. The van der Waals surface area contributed by atoms with Gasteiger partial charge in [-0.3, -0.25) is 24.6 Å². The normalized spacial score (nSPS) is 19.7. The number of fused-ring (bicyclic) bond motifs is 2. The lowest BCUT2D eigenvalue weighted by atomic mass is 10.00. The van der Waals surface area contributed by atoms with Crippen molar-refractivity contribution in [2.75, 3.05) is 75.8 Å². The number of nitrogens with zero attached hydrogens (tertiary/aromatic N) is 8. The lowest BCUT2D eigenvalue weighted by molar-refractivity contribution is -0.130. The Hall–Kier alpha value is -6.45. The van der Waals surface area contributed by atoms with Crippen LogP contribution in [-0.4, -0.2) is 140 Å². The molecule has 3 aliphatic heterocycles. The molecule has 2 atom stereocenters. The minimum atomic E-state index is -4.57. The van der Waals surface area contributed by atoms with Crippen LogP contribution in [0.15, 0.2) is 64.4 Å². The zero-order chi connectivity index (χ0) is 52.8. The Morgan fingerprint density at radius 3 is 1.75 bits per heavy atom. The van der Waals surface area contributed by atoms with E-state index in [1.165, 1.54) is 6.07 Å². The molecule has 3 amide bonds. The molecule has 386 valence electrons. The first-order chi connectivity index (χ1) is 33.5. The lowest BCUT2D eigenvalue weighted by Gasteiger charge is -2.38. The first-order valence-electron chi connectivity index (χ1n) is 22.5. The monoisotopic (exact) mass is 1040 g/mol. The van der Waals surface area contributed by atoms with Crippen molar-refractivity contribution < 1.29 is 48.8 Å². The van der Waals surface area contributed by atoms with Crippen LogP contribution < -0.4 is 25.8 Å². The number of hydrogen-bond donors (Lipinski definition) is 5. The van der Waals surface area contributed by atoms with Crippen molar-refractivity contribution in [1.82, 2.24) is 44.1 Å². The Morgan fingerprint density at radius 2 is 1.24 bits per heavy atom. The Morgan fingerprint density at radius 1 is 0.722 bits per heavy atom. The molecule has 20 nitrogen and oxygen atoms in total. The number of aromatic amines is 2. The number of aromatic nitrogens is 4. The summed E-state index contributed by atoms with van der Waals surface area (Å²) >= 11 is 0. The Bertz CT molecular complexity index is 3210. The van der Waals surface area contributed by atoms with Gasteiger partial charge in [-0.15, -0.1) is 0 Å². The standard InChI is InChI=1S/C46H55F4N13O7S2/c1-44(2)38-34(22-62(44)71(67,68)31-15-25(47)13-26(48)16-31)40(56-54-38)52-42(65)33-12-11-29(59(7)8)19-36(33)51-43(66)46(53-37(64)24-58(5)6)20-30(60(9)10)21-61(46)41-35-23-63(45(3,4)39(35)55-57-41)72(69,70)32-17-27(49)14-28(50)18-32/h11-19,30H,20-24H2,1-10H3,(H,51,66)(H,53,64)(H,55,57)(H2,52,54,56,65). The summed E-state index contributed by atoms with van der Waals surface area (Å²) in [5, 5.41) is 23.3. The zero-order valence-electron chi connectivity index (χ0n) is 41.1. The number of halogens is 4. The van der Waals surface area contributed by atoms with Gasteiger partial charge in [-0.05, 0) is 98.4 Å². The number of carbonyl (C=O) groups excluding carboxylic acids is 3. The third kappa shape index (κ3) is 8.96. The van der Waals surface area contributed by atoms with Gasteiger partial charge in [-0.1, -0.05) is 0 Å². The smallest absolute Gasteiger partial charge is 0.271 e. The summed E-state index contributed by atoms with van der Waals surface area (Å²) in [4.78, 5) is 49.6. The van der Waals surface area contributed by atoms with E-state index < -0.39 is 93.6 Å². The predicted molar refractivity (Wildman–Crippen MR) is 258 cm³/mol. The number of H-pyrrole nitrogens is 2. The van der Waals surface area contributed by atoms with Crippen LogP contribution in [0.1, 0.15) is 67.0 Å². The molecular weight excluding hydrogens is 987 g/mol. The molecule has 8 rings (SSSR count). The van der Waals surface area contributed by atoms with Gasteiger partial charge in [0.15, 0.2) is 17.3 Å². The summed E-state index contributed by atoms with van der Waals surface area (Å²) in [5.74, 6) is -6.46. The number of likely N-dealkylation sites (N-methyl/N-ethyl adjacent to an activating group) is 2. The number of carbonyl (C=O) groups is 3. The van der Waals surface area contributed by atoms with E-state index in [9.17, 15) is 44.0 Å². The highest BCUT2D eigenvalue weighted by molar-refractivity contribution is 7.89. The number of anilines is 4. The van der Waals surface area contributed by atoms with Gasteiger partial charge in [0.1, 0.15) is 23.3 Å². The first kappa shape index (κ1) is 51.9. The van der Waals surface area contributed by atoms with E-state index in [1.54, 1.807) is 96.8 Å². The van der Waals surface area contributed by atoms with Gasteiger partial charge >= 0.3 is 0 Å². The van der Waals surface area contributed by atoms with Gasteiger partial charge in [-0.2, -0.15) is 18.8 Å². The number of rotatable bonds is 14. The molecule has 26 heteroatoms. The SMILES string of the molecule is CN(C)CC(=O)NC1(C(=O)Nc2cc(N(C)C)ccc2C(=O)Nc2n[nH]c3c2CN(S(=O)(=O)c2cc(F)cc(F)c2)C3(C)C)CC(N(C)C)CN1c1n[nH]c2c1CN(S(=O)(=O)c1cc(F)cc(F)c1)C2(C)C. The van der Waals surface area contributed by atoms with Crippen LogP contribution in [0.5, 0.6) is 0 Å². The molecular formula is C46H55F4N13O7S2. The van der Waals surface area contributed by atoms with E-state index in [0.717, 1.165) is 20.7 Å². The Balaban J connectivity index is 1.16. The molecule has 2 aromatic heterocycles. The molecule has 0 spiro atoms. The van der Waals surface area contributed by atoms with Crippen LogP contribution >= 0.6 is 0 Å². The fourth-order valence-corrected chi connectivity index (χ4v) is 13.2. The maximum Gasteiger partial charge on any atom is 0.271 e. The number of hydrogen-bond acceptors (Lipinski definition) is 13. The van der Waals surface area contributed by atoms with Gasteiger partial charge in [0.25, 0.3) is 11.8 Å². The van der Waals surface area contributed by atoms with Crippen molar-refractivity contribution in [2.24, 2.45) is 0 Å². The second-order valence-corrected chi connectivity index (χ2v) is 23.5. The van der Waals surface area contributed by atoms with Crippen LogP contribution in [0.2, 0.25) is 0 Å². The molecule has 0 bridgehead atoms. The summed E-state index contributed by atoms with van der Waals surface area (Å²) in [5.41, 5.74) is -3.00. The van der Waals surface area contributed by atoms with E-state index in [2.05, 4.69) is 36.3 Å². The first-order valence-corrected chi connectivity index (χ1v) is 25.3. The van der Waals surface area contributed by atoms with Crippen LogP contribution in [-0.2, 0) is 53.8 Å². The van der Waals surface area contributed by atoms with Crippen LogP contribution in [0.3, 0.4) is 0 Å². The average molecular weight is 1040 g/mol. The molecule has 1 fully saturated rings. The summed E-state index contributed by atoms with van der Waals surface area (Å²) in [6.45, 7) is 5.52. The summed E-state index contributed by atoms with van der Waals surface area (Å²) < 4.78 is 116. The number of amides is 3. The fraction of sp³-hybridized carbons (Fsp3) is 0.413. The van der Waals surface area contributed by atoms with Gasteiger partial charge < -0.3 is 35.6 Å². The summed E-state index contributed by atoms with van der Waals surface area (Å²) in [6, 6.07) is 8.17. The molecule has 5 heterocycles. The van der Waals surface area contributed by atoms with Crippen molar-refractivity contribution >= 4 is 60.8 Å². The van der Waals surface area contributed by atoms with E-state index in [1.807, 2.05) is 4.90 Å². The highest BCUT2D eigenvalue weighted by atomic mass is 32.2. The van der Waals surface area contributed by atoms with Crippen LogP contribution in [0.4, 0.5) is 40.6 Å². The maximum absolute atomic E-state index is 15.5. The second kappa shape index (κ2) is 18.2. The molecule has 5 N–H and O–H groups in total. The molecule has 5 aromatic rings. The maximum atomic E-state index is 15.5. The number of nitrogens with one attached hydrogen (secondary N) is 5. The fourth-order valence-electron chi connectivity index (χ4n) is 9.63. The van der Waals surface area contributed by atoms with Crippen molar-refractivity contribution in [1.29, 1.82) is 0 Å². The van der Waals surface area contributed by atoms with Crippen LogP contribution in [0, 0.1) is 23.3 Å². The zero-order valence-corrected chi connectivity index (χ0v) is 42.7. The van der Waals surface area contributed by atoms with Gasteiger partial charge in [-0.25, -0.2) is 34.4 Å². The molecule has 1 saturated heterocycles. The minimum absolute atomic E-state index is 0.0176. The average Bonchev–Trinajstić information content (AvgIpc) is 4.07. The van der Waals surface area contributed by atoms with E-state index in [-0.39, 0.29) is 61.0 Å². The van der Waals surface area contributed by atoms with Gasteiger partial charge in [0, 0.05) is 75.1 Å². The van der Waals surface area contributed by atoms with Crippen molar-refractivity contribution in [2.45, 2.75) is 79.8 Å². The van der Waals surface area contributed by atoms with Crippen molar-refractivity contribution in [3.63, 3.8) is 0 Å². The Kier molecular flexibility index (Phi) is 13.1. The Labute approximate surface area is 413 Å². The molecule has 0 radical (unpaired) electrons. The summed E-state index contributed by atoms with van der Waals surface area (Å²) in [6.07, 6.45) is -0.0492. The van der Waals surface area contributed by atoms with Gasteiger partial charge in [0.2, 0.25) is 26.0 Å². The highest BCUT2D eigenvalue weighted by Crippen LogP contribution is 2.48. The number of benzene rings is 3. The van der Waals surface area contributed by atoms with E-state index >= 15 is 4.79 Å². The van der Waals surface area contributed by atoms with E-state index in [0.29, 0.717) is 46.9 Å². The summed E-state index contributed by atoms with van der Waals surface area (Å²) in [7, 11) is 1.31. The third-order valence-electron chi connectivity index (χ3n) is 13.4. The molecule has 3 aromatic carbocycles. The molecule has 72 heavy (non-hydrogen) atoms. The third-order valence-corrected chi connectivity index (χ3v) is 17.4. The van der Waals surface area contributed by atoms with Crippen molar-refractivity contribution in [3.05, 3.63) is 106 Å².